The predicted molar refractivity (Wildman–Crippen MR) is 178 cm³/mol. The van der Waals surface area contributed by atoms with Gasteiger partial charge in [-0.25, -0.2) is 8.42 Å². The number of carbonyl (C=O) groups excluding carboxylic acids is 2. The van der Waals surface area contributed by atoms with Gasteiger partial charge in [-0.05, 0) is 55.2 Å². The fraction of sp³-hybridized carbons (Fsp3) is 0.278. The number of amides is 2. The number of carbonyl (C=O) groups is 2. The lowest BCUT2D eigenvalue weighted by atomic mass is 10.0. The van der Waals surface area contributed by atoms with E-state index in [1.807, 2.05) is 67.6 Å². The monoisotopic (exact) mass is 643 g/mol. The zero-order chi connectivity index (χ0) is 31.8. The van der Waals surface area contributed by atoms with Gasteiger partial charge in [-0.1, -0.05) is 115 Å². The first-order valence-electron chi connectivity index (χ1n) is 15.2. The van der Waals surface area contributed by atoms with Crippen LogP contribution in [0.2, 0.25) is 5.02 Å². The molecule has 5 rings (SSSR count). The van der Waals surface area contributed by atoms with Gasteiger partial charge >= 0.3 is 0 Å². The lowest BCUT2D eigenvalue weighted by Crippen LogP contribution is -2.54. The van der Waals surface area contributed by atoms with Crippen LogP contribution < -0.4 is 9.62 Å². The lowest BCUT2D eigenvalue weighted by molar-refractivity contribution is -0.140. The second kappa shape index (κ2) is 14.8. The Bertz CT molecular complexity index is 1690. The quantitative estimate of drug-likeness (QED) is 0.190. The van der Waals surface area contributed by atoms with Gasteiger partial charge < -0.3 is 10.2 Å². The van der Waals surface area contributed by atoms with Crippen molar-refractivity contribution >= 4 is 39.1 Å². The van der Waals surface area contributed by atoms with Crippen LogP contribution in [-0.2, 0) is 32.6 Å². The van der Waals surface area contributed by atoms with E-state index in [1.54, 1.807) is 36.4 Å². The molecule has 1 aliphatic rings. The Morgan fingerprint density at radius 1 is 0.822 bits per heavy atom. The summed E-state index contributed by atoms with van der Waals surface area (Å²) in [6.07, 6.45) is 4.15. The third kappa shape index (κ3) is 8.12. The molecule has 4 aromatic carbocycles. The van der Waals surface area contributed by atoms with Crippen molar-refractivity contribution in [2.24, 2.45) is 0 Å². The van der Waals surface area contributed by atoms with Gasteiger partial charge in [0.2, 0.25) is 11.8 Å². The molecule has 0 bridgehead atoms. The van der Waals surface area contributed by atoms with Crippen molar-refractivity contribution in [2.75, 3.05) is 10.8 Å². The molecular formula is C36H38ClN3O4S. The van der Waals surface area contributed by atoms with Crippen molar-refractivity contribution in [2.45, 2.75) is 62.6 Å². The zero-order valence-corrected chi connectivity index (χ0v) is 26.9. The topological polar surface area (TPSA) is 86.8 Å². The number of anilines is 1. The fourth-order valence-electron chi connectivity index (χ4n) is 5.71. The van der Waals surface area contributed by atoms with E-state index >= 15 is 0 Å². The maximum atomic E-state index is 14.5. The molecule has 7 nitrogen and oxygen atoms in total. The molecule has 1 aliphatic carbocycles. The third-order valence-corrected chi connectivity index (χ3v) is 10.3. The van der Waals surface area contributed by atoms with Gasteiger partial charge in [-0.15, -0.1) is 0 Å². The average Bonchev–Trinajstić information content (AvgIpc) is 3.56. The van der Waals surface area contributed by atoms with Crippen molar-refractivity contribution in [3.63, 3.8) is 0 Å². The maximum Gasteiger partial charge on any atom is 0.264 e. The highest BCUT2D eigenvalue weighted by molar-refractivity contribution is 7.92. The average molecular weight is 644 g/mol. The van der Waals surface area contributed by atoms with Crippen molar-refractivity contribution < 1.29 is 18.0 Å². The number of para-hydroxylation sites is 1. The van der Waals surface area contributed by atoms with Crippen LogP contribution in [0, 0.1) is 6.92 Å². The molecule has 1 fully saturated rings. The Hall–Kier alpha value is -4.14. The van der Waals surface area contributed by atoms with E-state index in [0.717, 1.165) is 46.7 Å². The Labute approximate surface area is 270 Å². The normalized spacial score (nSPS) is 14.1. The van der Waals surface area contributed by atoms with Crippen LogP contribution in [0.25, 0.3) is 0 Å². The summed E-state index contributed by atoms with van der Waals surface area (Å²) < 4.78 is 29.4. The van der Waals surface area contributed by atoms with Crippen molar-refractivity contribution in [1.29, 1.82) is 0 Å². The molecule has 0 radical (unpaired) electrons. The number of benzene rings is 4. The van der Waals surface area contributed by atoms with Crippen molar-refractivity contribution in [3.8, 4) is 0 Å². The Morgan fingerprint density at radius 3 is 2.02 bits per heavy atom. The minimum Gasteiger partial charge on any atom is -0.352 e. The van der Waals surface area contributed by atoms with Crippen LogP contribution in [0.5, 0.6) is 0 Å². The summed E-state index contributed by atoms with van der Waals surface area (Å²) in [7, 11) is -4.22. The number of hydrogen-bond acceptors (Lipinski definition) is 4. The molecule has 0 spiro atoms. The molecule has 0 heterocycles. The first-order chi connectivity index (χ1) is 21.7. The van der Waals surface area contributed by atoms with Gasteiger partial charge in [0.1, 0.15) is 12.6 Å². The molecule has 2 amide bonds. The number of sulfonamides is 1. The molecular weight excluding hydrogens is 606 g/mol. The van der Waals surface area contributed by atoms with Crippen LogP contribution in [0.4, 0.5) is 5.69 Å². The molecule has 0 saturated heterocycles. The smallest absolute Gasteiger partial charge is 0.264 e. The summed E-state index contributed by atoms with van der Waals surface area (Å²) in [6.45, 7) is 1.45. The molecule has 45 heavy (non-hydrogen) atoms. The lowest BCUT2D eigenvalue weighted by Gasteiger charge is -2.34. The summed E-state index contributed by atoms with van der Waals surface area (Å²) in [6, 6.07) is 31.2. The molecule has 0 unspecified atom stereocenters. The zero-order valence-electron chi connectivity index (χ0n) is 25.3. The molecule has 0 aromatic heterocycles. The molecule has 0 aliphatic heterocycles. The largest absolute Gasteiger partial charge is 0.352 e. The van der Waals surface area contributed by atoms with E-state index in [-0.39, 0.29) is 40.5 Å². The highest BCUT2D eigenvalue weighted by atomic mass is 35.5. The molecule has 4 aromatic rings. The predicted octanol–water partition coefficient (Wildman–Crippen LogP) is 6.54. The number of rotatable bonds is 12. The second-order valence-corrected chi connectivity index (χ2v) is 13.7. The Morgan fingerprint density at radius 2 is 1.40 bits per heavy atom. The molecule has 1 N–H and O–H groups in total. The van der Waals surface area contributed by atoms with Gasteiger partial charge in [-0.2, -0.15) is 0 Å². The Kier molecular flexibility index (Phi) is 10.6. The Balaban J connectivity index is 1.56. The van der Waals surface area contributed by atoms with Gasteiger partial charge in [-0.3, -0.25) is 13.9 Å². The minimum atomic E-state index is -4.22. The van der Waals surface area contributed by atoms with Crippen molar-refractivity contribution in [3.05, 3.63) is 131 Å². The van der Waals surface area contributed by atoms with E-state index in [4.69, 9.17) is 11.6 Å². The molecule has 234 valence electrons. The number of halogens is 1. The molecule has 1 saturated carbocycles. The standard InChI is InChI=1S/C36H38ClN3O4S/c1-27-20-22-31(23-21-27)45(43,44)40(33-19-11-10-18-32(33)37)26-35(41)39(25-29-14-6-3-7-15-29)34(24-28-12-4-2-5-13-28)36(42)38-30-16-8-9-17-30/h2-7,10-15,18-23,30,34H,8-9,16-17,24-26H2,1H3,(H,38,42)/t34-/m1/s1. The molecule has 1 atom stereocenters. The van der Waals surface area contributed by atoms with Gasteiger partial charge in [0.05, 0.1) is 15.6 Å². The minimum absolute atomic E-state index is 0.0373. The van der Waals surface area contributed by atoms with E-state index in [1.165, 1.54) is 17.0 Å². The number of aryl methyl sites for hydroxylation is 1. The summed E-state index contributed by atoms with van der Waals surface area (Å²) in [4.78, 5) is 30.1. The summed E-state index contributed by atoms with van der Waals surface area (Å²) >= 11 is 6.55. The highest BCUT2D eigenvalue weighted by Gasteiger charge is 2.36. The van der Waals surface area contributed by atoms with Gasteiger partial charge in [0, 0.05) is 19.0 Å². The van der Waals surface area contributed by atoms with Crippen LogP contribution in [-0.4, -0.2) is 43.8 Å². The van der Waals surface area contributed by atoms with Crippen LogP contribution in [0.15, 0.2) is 114 Å². The summed E-state index contributed by atoms with van der Waals surface area (Å²) in [5, 5.41) is 3.38. The number of nitrogens with zero attached hydrogens (tertiary/aromatic N) is 2. The van der Waals surface area contributed by atoms with E-state index in [9.17, 15) is 18.0 Å². The summed E-state index contributed by atoms with van der Waals surface area (Å²) in [5.41, 5.74) is 2.80. The van der Waals surface area contributed by atoms with E-state index < -0.39 is 28.5 Å². The highest BCUT2D eigenvalue weighted by Crippen LogP contribution is 2.31. The fourth-order valence-corrected chi connectivity index (χ4v) is 7.43. The second-order valence-electron chi connectivity index (χ2n) is 11.5. The molecule has 9 heteroatoms. The summed E-state index contributed by atoms with van der Waals surface area (Å²) in [5.74, 6) is -0.766. The maximum absolute atomic E-state index is 14.5. The van der Waals surface area contributed by atoms with Gasteiger partial charge in [0.15, 0.2) is 0 Å². The first-order valence-corrected chi connectivity index (χ1v) is 17.1. The number of hydrogen-bond donors (Lipinski definition) is 1. The van der Waals surface area contributed by atoms with E-state index in [0.29, 0.717) is 0 Å². The SMILES string of the molecule is Cc1ccc(S(=O)(=O)N(CC(=O)N(Cc2ccccc2)[C@H](Cc2ccccc2)C(=O)NC2CCCC2)c2ccccc2Cl)cc1. The van der Waals surface area contributed by atoms with Crippen molar-refractivity contribution in [1.82, 2.24) is 10.2 Å². The number of nitrogens with one attached hydrogen (secondary N) is 1. The third-order valence-electron chi connectivity index (χ3n) is 8.18. The van der Waals surface area contributed by atoms with Crippen LogP contribution in [0.1, 0.15) is 42.4 Å². The first kappa shape index (κ1) is 32.3. The van der Waals surface area contributed by atoms with Crippen LogP contribution in [0.3, 0.4) is 0 Å². The van der Waals surface area contributed by atoms with Gasteiger partial charge in [0.25, 0.3) is 10.0 Å². The van der Waals surface area contributed by atoms with E-state index in [2.05, 4.69) is 5.32 Å². The van der Waals surface area contributed by atoms with Crippen LogP contribution >= 0.6 is 11.6 Å².